The van der Waals surface area contributed by atoms with E-state index < -0.39 is 0 Å². The fraction of sp³-hybridized carbons (Fsp3) is 0.125. The zero-order valence-corrected chi connectivity index (χ0v) is 11.9. The van der Waals surface area contributed by atoms with E-state index in [1.807, 2.05) is 66.4 Å². The molecular weight excluding hydrogens is 268 g/mol. The van der Waals surface area contributed by atoms with Crippen molar-refractivity contribution >= 4 is 34.6 Å². The fourth-order valence-corrected chi connectivity index (χ4v) is 2.73. The third kappa shape index (κ3) is 2.08. The van der Waals surface area contributed by atoms with Crippen molar-refractivity contribution in [1.29, 1.82) is 0 Å². The van der Waals surface area contributed by atoms with Crippen molar-refractivity contribution in [3.63, 3.8) is 0 Å². The molecule has 0 radical (unpaired) electrons. The molecular formula is C16H14N2OS. The highest BCUT2D eigenvalue weighted by molar-refractivity contribution is 7.81. The van der Waals surface area contributed by atoms with Crippen molar-refractivity contribution in [3.8, 4) is 0 Å². The zero-order chi connectivity index (χ0) is 14.1. The second-order valence-electron chi connectivity index (χ2n) is 4.72. The predicted octanol–water partition coefficient (Wildman–Crippen LogP) is 3.13. The first kappa shape index (κ1) is 12.8. The molecule has 3 rings (SSSR count). The maximum absolute atomic E-state index is 12.3. The van der Waals surface area contributed by atoms with Gasteiger partial charge in [-0.2, -0.15) is 0 Å². The molecule has 4 heteroatoms. The molecule has 1 aliphatic rings. The number of para-hydroxylation sites is 2. The number of hydrogen-bond donors (Lipinski definition) is 0. The van der Waals surface area contributed by atoms with Crippen LogP contribution in [-0.4, -0.2) is 17.6 Å². The standard InChI is InChI=1S/C16H14N2OS/c1-12-7-5-6-10-14(12)18-15(19)11-17(16(18)20)13-8-3-2-4-9-13/h2-10H,11H2,1H3. The number of anilines is 2. The maximum Gasteiger partial charge on any atom is 0.253 e. The van der Waals surface area contributed by atoms with Gasteiger partial charge in [0, 0.05) is 5.69 Å². The molecule has 1 amide bonds. The van der Waals surface area contributed by atoms with E-state index >= 15 is 0 Å². The number of aryl methyl sites for hydroxylation is 1. The van der Waals surface area contributed by atoms with Crippen LogP contribution in [0.4, 0.5) is 11.4 Å². The first-order valence-corrected chi connectivity index (χ1v) is 6.84. The number of amides is 1. The van der Waals surface area contributed by atoms with Gasteiger partial charge in [0.25, 0.3) is 5.91 Å². The summed E-state index contributed by atoms with van der Waals surface area (Å²) < 4.78 is 0. The molecule has 1 heterocycles. The summed E-state index contributed by atoms with van der Waals surface area (Å²) in [5, 5.41) is 0.538. The van der Waals surface area contributed by atoms with E-state index in [-0.39, 0.29) is 12.5 Å². The van der Waals surface area contributed by atoms with Crippen LogP contribution >= 0.6 is 12.2 Å². The minimum Gasteiger partial charge on any atom is -0.309 e. The molecule has 2 aromatic carbocycles. The van der Waals surface area contributed by atoms with Gasteiger partial charge in [0.2, 0.25) is 0 Å². The molecule has 0 aliphatic carbocycles. The van der Waals surface area contributed by atoms with Gasteiger partial charge in [-0.25, -0.2) is 0 Å². The average Bonchev–Trinajstić information content (AvgIpc) is 2.76. The summed E-state index contributed by atoms with van der Waals surface area (Å²) in [4.78, 5) is 15.8. The van der Waals surface area contributed by atoms with Crippen molar-refractivity contribution in [2.24, 2.45) is 0 Å². The highest BCUT2D eigenvalue weighted by Gasteiger charge is 2.35. The Morgan fingerprint density at radius 3 is 2.35 bits per heavy atom. The van der Waals surface area contributed by atoms with Gasteiger partial charge in [0.1, 0.15) is 6.54 Å². The lowest BCUT2D eigenvalue weighted by Gasteiger charge is -2.21. The Hall–Kier alpha value is -2.20. The lowest BCUT2D eigenvalue weighted by molar-refractivity contribution is -0.115. The number of hydrogen-bond acceptors (Lipinski definition) is 2. The van der Waals surface area contributed by atoms with Gasteiger partial charge >= 0.3 is 0 Å². The molecule has 20 heavy (non-hydrogen) atoms. The molecule has 0 aromatic heterocycles. The predicted molar refractivity (Wildman–Crippen MR) is 85.1 cm³/mol. The lowest BCUT2D eigenvalue weighted by Crippen LogP contribution is -2.33. The van der Waals surface area contributed by atoms with E-state index in [1.165, 1.54) is 0 Å². The van der Waals surface area contributed by atoms with Crippen LogP contribution in [0.25, 0.3) is 0 Å². The topological polar surface area (TPSA) is 23.6 Å². The molecule has 0 N–H and O–H groups in total. The molecule has 100 valence electrons. The molecule has 0 saturated carbocycles. The highest BCUT2D eigenvalue weighted by atomic mass is 32.1. The second-order valence-corrected chi connectivity index (χ2v) is 5.09. The third-order valence-corrected chi connectivity index (χ3v) is 3.79. The van der Waals surface area contributed by atoms with Gasteiger partial charge in [-0.1, -0.05) is 36.4 Å². The van der Waals surface area contributed by atoms with Crippen LogP contribution in [0.3, 0.4) is 0 Å². The average molecular weight is 282 g/mol. The van der Waals surface area contributed by atoms with Crippen molar-refractivity contribution in [3.05, 3.63) is 60.2 Å². The third-order valence-electron chi connectivity index (χ3n) is 3.39. The van der Waals surface area contributed by atoms with Crippen LogP contribution in [0.1, 0.15) is 5.56 Å². The number of thiocarbonyl (C=S) groups is 1. The summed E-state index contributed by atoms with van der Waals surface area (Å²) in [5.74, 6) is 0.00755. The Labute approximate surface area is 123 Å². The molecule has 0 spiro atoms. The van der Waals surface area contributed by atoms with E-state index in [2.05, 4.69) is 0 Å². The van der Waals surface area contributed by atoms with E-state index in [0.717, 1.165) is 16.9 Å². The van der Waals surface area contributed by atoms with Gasteiger partial charge in [-0.15, -0.1) is 0 Å². The first-order valence-electron chi connectivity index (χ1n) is 6.43. The van der Waals surface area contributed by atoms with Gasteiger partial charge in [0.15, 0.2) is 5.11 Å². The minimum atomic E-state index is 0.00755. The minimum absolute atomic E-state index is 0.00755. The number of benzene rings is 2. The largest absolute Gasteiger partial charge is 0.309 e. The quantitative estimate of drug-likeness (QED) is 0.791. The monoisotopic (exact) mass is 282 g/mol. The second kappa shape index (κ2) is 5.06. The Kier molecular flexibility index (Phi) is 3.24. The molecule has 1 aliphatic heterocycles. The molecule has 0 bridgehead atoms. The zero-order valence-electron chi connectivity index (χ0n) is 11.1. The number of carbonyl (C=O) groups excluding carboxylic acids is 1. The number of carbonyl (C=O) groups is 1. The summed E-state index contributed by atoms with van der Waals surface area (Å²) >= 11 is 5.49. The van der Waals surface area contributed by atoms with Crippen LogP contribution in [0.5, 0.6) is 0 Å². The van der Waals surface area contributed by atoms with Crippen molar-refractivity contribution in [2.75, 3.05) is 16.3 Å². The number of nitrogens with zero attached hydrogens (tertiary/aromatic N) is 2. The normalized spacial score (nSPS) is 15.1. The fourth-order valence-electron chi connectivity index (χ4n) is 2.36. The van der Waals surface area contributed by atoms with Crippen LogP contribution in [0, 0.1) is 6.92 Å². The Bertz CT molecular complexity index is 669. The summed E-state index contributed by atoms with van der Waals surface area (Å²) in [5.41, 5.74) is 2.85. The Balaban J connectivity index is 1.98. The van der Waals surface area contributed by atoms with Gasteiger partial charge in [0.05, 0.1) is 5.69 Å². The maximum atomic E-state index is 12.3. The van der Waals surface area contributed by atoms with Crippen LogP contribution in [0.2, 0.25) is 0 Å². The summed E-state index contributed by atoms with van der Waals surface area (Å²) in [7, 11) is 0. The SMILES string of the molecule is Cc1ccccc1N1C(=O)CN(c2ccccc2)C1=S. The molecule has 1 fully saturated rings. The Morgan fingerprint density at radius 1 is 1.00 bits per heavy atom. The van der Waals surface area contributed by atoms with E-state index in [9.17, 15) is 4.79 Å². The van der Waals surface area contributed by atoms with E-state index in [0.29, 0.717) is 5.11 Å². The van der Waals surface area contributed by atoms with E-state index in [1.54, 1.807) is 4.90 Å². The first-order chi connectivity index (χ1) is 9.68. The van der Waals surface area contributed by atoms with Crippen LogP contribution < -0.4 is 9.80 Å². The van der Waals surface area contributed by atoms with Crippen molar-refractivity contribution < 1.29 is 4.79 Å². The summed E-state index contributed by atoms with van der Waals surface area (Å²) in [6, 6.07) is 17.5. The molecule has 3 nitrogen and oxygen atoms in total. The van der Waals surface area contributed by atoms with Crippen LogP contribution in [0.15, 0.2) is 54.6 Å². The van der Waals surface area contributed by atoms with Gasteiger partial charge < -0.3 is 4.90 Å². The van der Waals surface area contributed by atoms with Crippen molar-refractivity contribution in [1.82, 2.24) is 0 Å². The van der Waals surface area contributed by atoms with Gasteiger partial charge in [-0.05, 0) is 42.9 Å². The van der Waals surface area contributed by atoms with Crippen LogP contribution in [-0.2, 0) is 4.79 Å². The lowest BCUT2D eigenvalue weighted by atomic mass is 10.2. The summed E-state index contributed by atoms with van der Waals surface area (Å²) in [6.45, 7) is 2.27. The molecule has 0 unspecified atom stereocenters. The van der Waals surface area contributed by atoms with Gasteiger partial charge in [-0.3, -0.25) is 9.69 Å². The molecule has 2 aromatic rings. The molecule has 0 atom stereocenters. The van der Waals surface area contributed by atoms with Crippen molar-refractivity contribution in [2.45, 2.75) is 6.92 Å². The Morgan fingerprint density at radius 2 is 1.65 bits per heavy atom. The number of rotatable bonds is 2. The summed E-state index contributed by atoms with van der Waals surface area (Å²) in [6.07, 6.45) is 0. The highest BCUT2D eigenvalue weighted by Crippen LogP contribution is 2.28. The smallest absolute Gasteiger partial charge is 0.253 e. The van der Waals surface area contributed by atoms with E-state index in [4.69, 9.17) is 12.2 Å². The molecule has 1 saturated heterocycles.